The van der Waals surface area contributed by atoms with Crippen LogP contribution in [0.25, 0.3) is 0 Å². The summed E-state index contributed by atoms with van der Waals surface area (Å²) in [6, 6.07) is 5.35. The van der Waals surface area contributed by atoms with Crippen molar-refractivity contribution >= 4 is 12.0 Å². The topological polar surface area (TPSA) is 101 Å². The number of nitrogens with zero attached hydrogens (tertiary/aromatic N) is 1. The lowest BCUT2D eigenvalue weighted by Gasteiger charge is -2.36. The van der Waals surface area contributed by atoms with E-state index in [9.17, 15) is 9.59 Å². The van der Waals surface area contributed by atoms with Crippen LogP contribution in [0.3, 0.4) is 0 Å². The summed E-state index contributed by atoms with van der Waals surface area (Å²) >= 11 is 0. The summed E-state index contributed by atoms with van der Waals surface area (Å²) in [5, 5.41) is 2.97. The fourth-order valence-electron chi connectivity index (χ4n) is 3.91. The number of carbonyl (C=O) groups excluding carboxylic acids is 2. The first-order valence-corrected chi connectivity index (χ1v) is 9.95. The molecule has 4 rings (SSSR count). The number of carbonyl (C=O) groups is 2. The van der Waals surface area contributed by atoms with Crippen molar-refractivity contribution in [2.75, 3.05) is 19.9 Å². The van der Waals surface area contributed by atoms with Crippen LogP contribution in [-0.2, 0) is 16.1 Å². The van der Waals surface area contributed by atoms with Gasteiger partial charge in [-0.25, -0.2) is 10.2 Å². The quantitative estimate of drug-likeness (QED) is 0.694. The average Bonchev–Trinajstić information content (AvgIpc) is 3.30. The van der Waals surface area contributed by atoms with Crippen molar-refractivity contribution < 1.29 is 23.8 Å². The van der Waals surface area contributed by atoms with Gasteiger partial charge in [-0.1, -0.05) is 6.07 Å². The number of fused-ring (bicyclic) bond motifs is 2. The summed E-state index contributed by atoms with van der Waals surface area (Å²) < 4.78 is 16.2. The molecule has 0 aliphatic carbocycles. The number of rotatable bonds is 3. The van der Waals surface area contributed by atoms with Gasteiger partial charge in [0.25, 0.3) is 0 Å². The molecule has 3 aliphatic heterocycles. The molecule has 158 valence electrons. The maximum absolute atomic E-state index is 12.8. The summed E-state index contributed by atoms with van der Waals surface area (Å²) in [5.74, 6) is 1.29. The van der Waals surface area contributed by atoms with Gasteiger partial charge >= 0.3 is 6.09 Å². The standard InChI is InChI=1S/C20H28N4O5/c1-20(2,3)29-19(26)24-7-6-14-13(10-24)17(23-22-14)18(25)21-9-12-4-5-15-16(8-12)28-11-27-15/h4-5,8,13-14,17,22-23H,6-7,9-11H2,1-3H3,(H,21,25). The highest BCUT2D eigenvalue weighted by atomic mass is 16.7. The van der Waals surface area contributed by atoms with Crippen LogP contribution in [0.4, 0.5) is 4.79 Å². The fourth-order valence-corrected chi connectivity index (χ4v) is 3.91. The van der Waals surface area contributed by atoms with Crippen molar-refractivity contribution in [3.63, 3.8) is 0 Å². The highest BCUT2D eigenvalue weighted by Crippen LogP contribution is 2.32. The lowest BCUT2D eigenvalue weighted by atomic mass is 9.88. The monoisotopic (exact) mass is 404 g/mol. The Kier molecular flexibility index (Phi) is 5.26. The summed E-state index contributed by atoms with van der Waals surface area (Å²) in [7, 11) is 0. The van der Waals surface area contributed by atoms with Gasteiger partial charge in [-0.05, 0) is 44.9 Å². The van der Waals surface area contributed by atoms with Crippen molar-refractivity contribution in [3.05, 3.63) is 23.8 Å². The largest absolute Gasteiger partial charge is 0.454 e. The molecule has 3 heterocycles. The summed E-state index contributed by atoms with van der Waals surface area (Å²) in [6.07, 6.45) is 0.436. The smallest absolute Gasteiger partial charge is 0.410 e. The van der Waals surface area contributed by atoms with Crippen LogP contribution >= 0.6 is 0 Å². The minimum Gasteiger partial charge on any atom is -0.454 e. The molecular weight excluding hydrogens is 376 g/mol. The number of amides is 2. The Balaban J connectivity index is 1.34. The third-order valence-corrected chi connectivity index (χ3v) is 5.35. The van der Waals surface area contributed by atoms with Gasteiger partial charge in [0.15, 0.2) is 11.5 Å². The molecule has 0 radical (unpaired) electrons. The van der Waals surface area contributed by atoms with E-state index >= 15 is 0 Å². The van der Waals surface area contributed by atoms with Crippen LogP contribution in [0.2, 0.25) is 0 Å². The number of hydrogen-bond acceptors (Lipinski definition) is 7. The summed E-state index contributed by atoms with van der Waals surface area (Å²) in [5.41, 5.74) is 6.70. The van der Waals surface area contributed by atoms with Crippen LogP contribution in [0.1, 0.15) is 32.8 Å². The van der Waals surface area contributed by atoms with Crippen LogP contribution in [-0.4, -0.2) is 54.5 Å². The SMILES string of the molecule is CC(C)(C)OC(=O)N1CCC2NNC(C(=O)NCc3ccc4c(c3)OCO4)C2C1. The Hall–Kier alpha value is -2.52. The van der Waals surface area contributed by atoms with E-state index in [1.807, 2.05) is 39.0 Å². The van der Waals surface area contributed by atoms with Gasteiger partial charge in [0.05, 0.1) is 0 Å². The first kappa shape index (κ1) is 19.8. The normalized spacial score (nSPS) is 25.5. The van der Waals surface area contributed by atoms with Crippen LogP contribution in [0, 0.1) is 5.92 Å². The van der Waals surface area contributed by atoms with Gasteiger partial charge < -0.3 is 24.4 Å². The van der Waals surface area contributed by atoms with Gasteiger partial charge in [0.1, 0.15) is 11.6 Å². The second-order valence-corrected chi connectivity index (χ2v) is 8.66. The van der Waals surface area contributed by atoms with Gasteiger partial charge in [-0.3, -0.25) is 10.2 Å². The molecule has 0 spiro atoms. The molecule has 2 amide bonds. The van der Waals surface area contributed by atoms with Crippen molar-refractivity contribution in [1.82, 2.24) is 21.1 Å². The van der Waals surface area contributed by atoms with Crippen molar-refractivity contribution in [2.45, 2.75) is 51.4 Å². The Morgan fingerprint density at radius 3 is 2.83 bits per heavy atom. The zero-order chi connectivity index (χ0) is 20.6. The Labute approximate surface area is 170 Å². The van der Waals surface area contributed by atoms with E-state index in [4.69, 9.17) is 14.2 Å². The number of ether oxygens (including phenoxy) is 3. The molecule has 0 saturated carbocycles. The number of hydrazine groups is 1. The van der Waals surface area contributed by atoms with Crippen molar-refractivity contribution in [2.24, 2.45) is 5.92 Å². The van der Waals surface area contributed by atoms with Gasteiger partial charge in [-0.15, -0.1) is 0 Å². The maximum atomic E-state index is 12.8. The molecule has 2 fully saturated rings. The molecule has 3 aliphatic rings. The average molecular weight is 404 g/mol. The zero-order valence-corrected chi connectivity index (χ0v) is 17.0. The first-order valence-electron chi connectivity index (χ1n) is 9.95. The van der Waals surface area contributed by atoms with E-state index in [1.54, 1.807) is 4.90 Å². The Morgan fingerprint density at radius 2 is 2.03 bits per heavy atom. The number of likely N-dealkylation sites (tertiary alicyclic amines) is 1. The second-order valence-electron chi connectivity index (χ2n) is 8.66. The Morgan fingerprint density at radius 1 is 1.24 bits per heavy atom. The van der Waals surface area contributed by atoms with E-state index in [2.05, 4.69) is 16.2 Å². The van der Waals surface area contributed by atoms with E-state index in [0.717, 1.165) is 12.0 Å². The van der Waals surface area contributed by atoms with Crippen LogP contribution in [0.5, 0.6) is 11.5 Å². The van der Waals surface area contributed by atoms with Gasteiger partial charge in [-0.2, -0.15) is 0 Å². The van der Waals surface area contributed by atoms with E-state index in [1.165, 1.54) is 0 Å². The van der Waals surface area contributed by atoms with E-state index < -0.39 is 11.6 Å². The number of nitrogens with one attached hydrogen (secondary N) is 3. The maximum Gasteiger partial charge on any atom is 0.410 e. The molecule has 2 saturated heterocycles. The van der Waals surface area contributed by atoms with Crippen molar-refractivity contribution in [3.8, 4) is 11.5 Å². The number of benzene rings is 1. The lowest BCUT2D eigenvalue weighted by molar-refractivity contribution is -0.124. The highest BCUT2D eigenvalue weighted by molar-refractivity contribution is 5.82. The van der Waals surface area contributed by atoms with Crippen LogP contribution in [0.15, 0.2) is 18.2 Å². The van der Waals surface area contributed by atoms with Gasteiger partial charge in [0.2, 0.25) is 12.7 Å². The third-order valence-electron chi connectivity index (χ3n) is 5.35. The fraction of sp³-hybridized carbons (Fsp3) is 0.600. The third kappa shape index (κ3) is 4.40. The zero-order valence-electron chi connectivity index (χ0n) is 17.0. The van der Waals surface area contributed by atoms with Crippen LogP contribution < -0.4 is 25.6 Å². The molecule has 0 bridgehead atoms. The molecule has 0 aromatic heterocycles. The molecule has 9 nitrogen and oxygen atoms in total. The molecule has 9 heteroatoms. The summed E-state index contributed by atoms with van der Waals surface area (Å²) in [6.45, 7) is 7.24. The number of hydrogen-bond donors (Lipinski definition) is 3. The Bertz CT molecular complexity index is 794. The molecule has 29 heavy (non-hydrogen) atoms. The molecular formula is C20H28N4O5. The molecule has 1 aromatic rings. The minimum atomic E-state index is -0.540. The summed E-state index contributed by atoms with van der Waals surface area (Å²) in [4.78, 5) is 26.9. The first-order chi connectivity index (χ1) is 13.8. The van der Waals surface area contributed by atoms with E-state index in [0.29, 0.717) is 31.1 Å². The minimum absolute atomic E-state index is 0.0203. The molecule has 3 unspecified atom stereocenters. The molecule has 1 aromatic carbocycles. The predicted molar refractivity (Wildman–Crippen MR) is 104 cm³/mol. The molecule has 3 N–H and O–H groups in total. The lowest BCUT2D eigenvalue weighted by Crippen LogP contribution is -2.52. The van der Waals surface area contributed by atoms with Crippen molar-refractivity contribution in [1.29, 1.82) is 0 Å². The predicted octanol–water partition coefficient (Wildman–Crippen LogP) is 1.13. The van der Waals surface area contributed by atoms with E-state index in [-0.39, 0.29) is 30.8 Å². The van der Waals surface area contributed by atoms with Gasteiger partial charge in [0, 0.05) is 31.6 Å². The highest BCUT2D eigenvalue weighted by Gasteiger charge is 2.44. The molecule has 3 atom stereocenters. The number of piperidine rings is 1. The second kappa shape index (κ2) is 7.72.